The molecule has 0 radical (unpaired) electrons. The average molecular weight is 425 g/mol. The maximum atomic E-state index is 12.9. The van der Waals surface area contributed by atoms with E-state index in [9.17, 15) is 9.59 Å². The molecule has 3 aromatic rings. The molecule has 0 saturated carbocycles. The second-order valence-corrected chi connectivity index (χ2v) is 8.38. The summed E-state index contributed by atoms with van der Waals surface area (Å²) in [7, 11) is 0. The van der Waals surface area contributed by atoms with Gasteiger partial charge in [-0.1, -0.05) is 25.1 Å². The van der Waals surface area contributed by atoms with E-state index in [1.54, 1.807) is 36.7 Å². The first-order chi connectivity index (χ1) is 15.0. The predicted molar refractivity (Wildman–Crippen MR) is 111 cm³/mol. The number of anilines is 1. The molecule has 2 bridgehead atoms. The lowest BCUT2D eigenvalue weighted by Gasteiger charge is -2.29. The molecular formula is C21H20N4O4S. The Morgan fingerprint density at radius 3 is 2.93 bits per heavy atom. The number of nitrogens with zero attached hydrogens (tertiary/aromatic N) is 3. The normalized spacial score (nSPS) is 27.8. The van der Waals surface area contributed by atoms with Crippen molar-refractivity contribution in [1.29, 1.82) is 0 Å². The van der Waals surface area contributed by atoms with Crippen LogP contribution in [0.1, 0.15) is 31.8 Å². The van der Waals surface area contributed by atoms with Crippen LogP contribution in [-0.2, 0) is 9.47 Å². The molecule has 2 fully saturated rings. The van der Waals surface area contributed by atoms with Crippen LogP contribution in [0.25, 0.3) is 10.6 Å². The van der Waals surface area contributed by atoms with Crippen LogP contribution < -0.4 is 11.0 Å². The van der Waals surface area contributed by atoms with Crippen LogP contribution in [0, 0.1) is 5.92 Å². The Morgan fingerprint density at radius 2 is 2.23 bits per heavy atom. The van der Waals surface area contributed by atoms with E-state index in [1.807, 2.05) is 18.4 Å². The third kappa shape index (κ3) is 3.06. The fourth-order valence-corrected chi connectivity index (χ4v) is 4.48. The van der Waals surface area contributed by atoms with E-state index in [1.165, 1.54) is 15.9 Å². The number of amides is 1. The maximum Gasteiger partial charge on any atom is 0.351 e. The van der Waals surface area contributed by atoms with Crippen molar-refractivity contribution in [2.75, 3.05) is 11.9 Å². The number of carbonyl (C=O) groups is 1. The first-order valence-corrected chi connectivity index (χ1v) is 10.4. The number of rotatable bonds is 4. The predicted octanol–water partition coefficient (Wildman–Crippen LogP) is 2.94. The Balaban J connectivity index is 1.55. The highest BCUT2D eigenvalue weighted by molar-refractivity contribution is 7.13. The number of hydrogen-bond donors (Lipinski definition) is 1. The summed E-state index contributed by atoms with van der Waals surface area (Å²) < 4.78 is 21.3. The van der Waals surface area contributed by atoms with Crippen molar-refractivity contribution in [3.8, 4) is 10.6 Å². The lowest BCUT2D eigenvalue weighted by Crippen LogP contribution is -2.38. The number of thiazole rings is 1. The number of ether oxygens (including phenoxy) is 2. The molecule has 2 aromatic heterocycles. The molecule has 9 heteroatoms. The Bertz CT molecular complexity index is 1170. The van der Waals surface area contributed by atoms with Crippen molar-refractivity contribution in [2.24, 2.45) is 5.92 Å². The van der Waals surface area contributed by atoms with Gasteiger partial charge in [0.1, 0.15) is 11.1 Å². The van der Waals surface area contributed by atoms with E-state index >= 15 is 0 Å². The van der Waals surface area contributed by atoms with Crippen LogP contribution in [-0.4, -0.2) is 38.8 Å². The van der Waals surface area contributed by atoms with Gasteiger partial charge in [-0.05, 0) is 19.0 Å². The zero-order valence-electron chi connectivity index (χ0n) is 17.1. The maximum absolute atomic E-state index is 12.9. The zero-order valence-corrected chi connectivity index (χ0v) is 17.0. The summed E-state index contributed by atoms with van der Waals surface area (Å²) in [6.07, 6.45) is 2.21. The number of fused-ring (bicyclic) bond motifs is 2. The zero-order chi connectivity index (χ0) is 21.6. The SMILES string of the molecule is [2H]C[C@@]12CO[C@@H]([C@H](n3cc(-c4nccs4)c(NC(=O)c4ccccc4)nc3=O)O1)[C@@H]2C. The molecule has 4 heterocycles. The summed E-state index contributed by atoms with van der Waals surface area (Å²) in [6.45, 7) is 2.36. The molecule has 0 unspecified atom stereocenters. The van der Waals surface area contributed by atoms with Crippen LogP contribution in [0.3, 0.4) is 0 Å². The molecular weight excluding hydrogens is 404 g/mol. The minimum Gasteiger partial charge on any atom is -0.370 e. The Hall–Kier alpha value is -2.88. The fraction of sp³-hybridized carbons (Fsp3) is 0.333. The van der Waals surface area contributed by atoms with Crippen LogP contribution in [0.15, 0.2) is 52.9 Å². The minimum atomic E-state index is -0.726. The number of nitrogens with one attached hydrogen (secondary N) is 1. The number of aromatic nitrogens is 3. The molecule has 4 atom stereocenters. The van der Waals surface area contributed by atoms with E-state index in [-0.39, 0.29) is 30.6 Å². The van der Waals surface area contributed by atoms with Crippen molar-refractivity contribution < 1.29 is 15.6 Å². The summed E-state index contributed by atoms with van der Waals surface area (Å²) in [4.78, 5) is 34.1. The number of hydrogen-bond acceptors (Lipinski definition) is 7. The number of benzene rings is 1. The van der Waals surface area contributed by atoms with Gasteiger partial charge in [-0.15, -0.1) is 11.3 Å². The highest BCUT2D eigenvalue weighted by atomic mass is 32.1. The van der Waals surface area contributed by atoms with E-state index in [0.717, 1.165) is 0 Å². The standard InChI is InChI=1S/C21H20N4O4S/c1-12-15-19(29-21(12,2)11-28-15)25-10-14(18-22-8-9-30-18)16(24-20(25)27)23-17(26)13-6-4-3-5-7-13/h3-10,12,15,19H,11H2,1-2H3,(H,23,24,26,27)/t12-,15+,19+,21-/m0/s1/i2D. The first-order valence-electron chi connectivity index (χ1n) is 10.2. The largest absolute Gasteiger partial charge is 0.370 e. The van der Waals surface area contributed by atoms with Gasteiger partial charge in [-0.3, -0.25) is 9.36 Å². The second-order valence-electron chi connectivity index (χ2n) is 7.49. The van der Waals surface area contributed by atoms with E-state index < -0.39 is 17.5 Å². The quantitative estimate of drug-likeness (QED) is 0.691. The van der Waals surface area contributed by atoms with Crippen molar-refractivity contribution in [2.45, 2.75) is 31.8 Å². The van der Waals surface area contributed by atoms with Crippen molar-refractivity contribution in [1.82, 2.24) is 14.5 Å². The molecule has 0 aliphatic carbocycles. The molecule has 2 saturated heterocycles. The van der Waals surface area contributed by atoms with Gasteiger partial charge in [0.2, 0.25) is 0 Å². The summed E-state index contributed by atoms with van der Waals surface area (Å²) in [5, 5.41) is 5.15. The monoisotopic (exact) mass is 425 g/mol. The molecule has 1 amide bonds. The van der Waals surface area contributed by atoms with Gasteiger partial charge >= 0.3 is 5.69 Å². The summed E-state index contributed by atoms with van der Waals surface area (Å²) in [5.74, 6) is -0.260. The number of carbonyl (C=O) groups excluding carboxylic acids is 1. The smallest absolute Gasteiger partial charge is 0.351 e. The van der Waals surface area contributed by atoms with Gasteiger partial charge < -0.3 is 14.8 Å². The molecule has 5 rings (SSSR count). The van der Waals surface area contributed by atoms with E-state index in [2.05, 4.69) is 15.3 Å². The van der Waals surface area contributed by atoms with E-state index in [4.69, 9.17) is 10.8 Å². The molecule has 2 aliphatic rings. The summed E-state index contributed by atoms with van der Waals surface area (Å²) in [6, 6.07) is 8.71. The van der Waals surface area contributed by atoms with Crippen LogP contribution in [0.2, 0.25) is 0 Å². The lowest BCUT2D eigenvalue weighted by molar-refractivity contribution is -0.166. The minimum absolute atomic E-state index is 0.0253. The third-order valence-corrected chi connectivity index (χ3v) is 6.44. The van der Waals surface area contributed by atoms with Gasteiger partial charge in [-0.25, -0.2) is 9.78 Å². The third-order valence-electron chi connectivity index (χ3n) is 5.64. The van der Waals surface area contributed by atoms with Gasteiger partial charge in [0, 0.05) is 30.6 Å². The molecule has 1 N–H and O–H groups in total. The first kappa shape index (κ1) is 17.9. The van der Waals surface area contributed by atoms with Gasteiger partial charge in [0.15, 0.2) is 12.0 Å². The molecule has 154 valence electrons. The van der Waals surface area contributed by atoms with Crippen molar-refractivity contribution in [3.63, 3.8) is 0 Å². The highest BCUT2D eigenvalue weighted by Gasteiger charge is 2.57. The molecule has 1 aromatic carbocycles. The van der Waals surface area contributed by atoms with E-state index in [0.29, 0.717) is 22.7 Å². The second kappa shape index (κ2) is 7.12. The summed E-state index contributed by atoms with van der Waals surface area (Å²) in [5.41, 5.74) is -0.333. The van der Waals surface area contributed by atoms with Crippen molar-refractivity contribution in [3.05, 3.63) is 64.2 Å². The Morgan fingerprint density at radius 1 is 1.40 bits per heavy atom. The molecule has 8 nitrogen and oxygen atoms in total. The van der Waals surface area contributed by atoms with Gasteiger partial charge in [0.05, 0.1) is 17.8 Å². The van der Waals surface area contributed by atoms with Gasteiger partial charge in [-0.2, -0.15) is 4.98 Å². The van der Waals surface area contributed by atoms with Crippen LogP contribution in [0.4, 0.5) is 5.82 Å². The summed E-state index contributed by atoms with van der Waals surface area (Å²) >= 11 is 1.37. The van der Waals surface area contributed by atoms with Gasteiger partial charge in [0.25, 0.3) is 5.91 Å². The van der Waals surface area contributed by atoms with Crippen molar-refractivity contribution >= 4 is 23.1 Å². The average Bonchev–Trinajstić information content (AvgIpc) is 3.50. The lowest BCUT2D eigenvalue weighted by atomic mass is 9.93. The fourth-order valence-electron chi connectivity index (χ4n) is 3.83. The van der Waals surface area contributed by atoms with Crippen LogP contribution >= 0.6 is 11.3 Å². The molecule has 2 aliphatic heterocycles. The topological polar surface area (TPSA) is 95.3 Å². The van der Waals surface area contributed by atoms with Crippen LogP contribution in [0.5, 0.6) is 0 Å². The Labute approximate surface area is 177 Å². The Kier molecular flexibility index (Phi) is 4.26. The molecule has 0 spiro atoms. The highest BCUT2D eigenvalue weighted by Crippen LogP contribution is 2.48. The molecule has 30 heavy (non-hydrogen) atoms.